The zero-order valence-corrected chi connectivity index (χ0v) is 19.0. The molecule has 1 saturated carbocycles. The maximum Gasteiger partial charge on any atom is 0.320 e. The summed E-state index contributed by atoms with van der Waals surface area (Å²) in [5.74, 6) is -0.446. The number of carboxylic acid groups (broad SMARTS) is 1. The molecule has 0 spiro atoms. The van der Waals surface area contributed by atoms with Crippen molar-refractivity contribution < 1.29 is 23.8 Å². The number of halogens is 1. The van der Waals surface area contributed by atoms with E-state index in [1.165, 1.54) is 6.33 Å². The molecule has 34 heavy (non-hydrogen) atoms. The van der Waals surface area contributed by atoms with E-state index in [4.69, 9.17) is 20.3 Å². The molecule has 2 aromatic carbocycles. The highest BCUT2D eigenvalue weighted by atomic mass is 19.1. The number of rotatable bonds is 9. The lowest BCUT2D eigenvalue weighted by Gasteiger charge is -2.19. The van der Waals surface area contributed by atoms with Crippen LogP contribution in [0, 0.1) is 6.92 Å². The number of carboxylic acids is 1. The lowest BCUT2D eigenvalue weighted by atomic mass is 10.0. The van der Waals surface area contributed by atoms with Gasteiger partial charge in [-0.25, -0.2) is 9.97 Å². The first-order chi connectivity index (χ1) is 16.4. The molecule has 3 N–H and O–H groups in total. The Morgan fingerprint density at radius 2 is 1.88 bits per heavy atom. The lowest BCUT2D eigenvalue weighted by Crippen LogP contribution is -2.32. The van der Waals surface area contributed by atoms with E-state index < -0.39 is 18.4 Å². The van der Waals surface area contributed by atoms with E-state index in [-0.39, 0.29) is 18.4 Å². The molecule has 0 radical (unpaired) electrons. The monoisotopic (exact) mass is 465 g/mol. The smallest absolute Gasteiger partial charge is 0.320 e. The summed E-state index contributed by atoms with van der Waals surface area (Å²) in [5, 5.41) is 8.97. The Hall–Kier alpha value is -3.52. The van der Waals surface area contributed by atoms with E-state index >= 15 is 4.39 Å². The summed E-state index contributed by atoms with van der Waals surface area (Å²) in [4.78, 5) is 19.3. The zero-order chi connectivity index (χ0) is 24.1. The van der Waals surface area contributed by atoms with Crippen LogP contribution in [0.15, 0.2) is 54.9 Å². The highest BCUT2D eigenvalue weighted by molar-refractivity contribution is 5.73. The predicted molar refractivity (Wildman–Crippen MR) is 125 cm³/mol. The van der Waals surface area contributed by atoms with Gasteiger partial charge in [-0.2, -0.15) is 4.39 Å². The second kappa shape index (κ2) is 10.6. The van der Waals surface area contributed by atoms with Crippen molar-refractivity contribution in [3.8, 4) is 22.9 Å². The Morgan fingerprint density at radius 1 is 1.15 bits per heavy atom. The Morgan fingerprint density at radius 3 is 2.59 bits per heavy atom. The van der Waals surface area contributed by atoms with Gasteiger partial charge in [0.2, 0.25) is 5.88 Å². The van der Waals surface area contributed by atoms with Crippen molar-refractivity contribution in [2.24, 2.45) is 5.73 Å². The van der Waals surface area contributed by atoms with Gasteiger partial charge in [-0.05, 0) is 62.3 Å². The fraction of sp³-hybridized carbons (Fsp3) is 0.346. The summed E-state index contributed by atoms with van der Waals surface area (Å²) in [6, 6.07) is 13.1. The number of ether oxygens (including phenoxy) is 2. The summed E-state index contributed by atoms with van der Waals surface area (Å²) in [7, 11) is 0. The molecule has 1 aliphatic carbocycles. The maximum absolute atomic E-state index is 15.2. The van der Waals surface area contributed by atoms with Crippen LogP contribution < -0.4 is 15.2 Å². The zero-order valence-electron chi connectivity index (χ0n) is 19.0. The van der Waals surface area contributed by atoms with Crippen molar-refractivity contribution in [2.75, 3.05) is 0 Å². The van der Waals surface area contributed by atoms with Gasteiger partial charge in [-0.15, -0.1) is 0 Å². The third-order valence-electron chi connectivity index (χ3n) is 5.90. The summed E-state index contributed by atoms with van der Waals surface area (Å²) in [6.45, 7) is 1.94. The van der Waals surface area contributed by atoms with E-state index in [0.29, 0.717) is 17.0 Å². The minimum atomic E-state index is -1.75. The molecule has 0 bridgehead atoms. The Balaban J connectivity index is 1.48. The van der Waals surface area contributed by atoms with Gasteiger partial charge in [0.15, 0.2) is 0 Å². The van der Waals surface area contributed by atoms with Crippen LogP contribution in [0.3, 0.4) is 0 Å². The summed E-state index contributed by atoms with van der Waals surface area (Å²) < 4.78 is 26.9. The topological polar surface area (TPSA) is 108 Å². The maximum atomic E-state index is 15.2. The molecule has 0 saturated heterocycles. The number of hydrogen-bond acceptors (Lipinski definition) is 6. The van der Waals surface area contributed by atoms with Crippen molar-refractivity contribution in [3.63, 3.8) is 0 Å². The van der Waals surface area contributed by atoms with Crippen molar-refractivity contribution in [1.29, 1.82) is 0 Å². The number of carbonyl (C=O) groups is 1. The van der Waals surface area contributed by atoms with Gasteiger partial charge in [-0.1, -0.05) is 30.3 Å². The van der Waals surface area contributed by atoms with Crippen molar-refractivity contribution in [2.45, 2.75) is 57.5 Å². The van der Waals surface area contributed by atoms with E-state index in [1.54, 1.807) is 36.4 Å². The first kappa shape index (κ1) is 23.6. The van der Waals surface area contributed by atoms with Crippen LogP contribution in [0.25, 0.3) is 11.3 Å². The van der Waals surface area contributed by atoms with Crippen LogP contribution >= 0.6 is 0 Å². The van der Waals surface area contributed by atoms with Crippen LogP contribution in [0.1, 0.15) is 48.7 Å². The van der Waals surface area contributed by atoms with Gasteiger partial charge in [0.1, 0.15) is 18.1 Å². The second-order valence-electron chi connectivity index (χ2n) is 8.59. The fourth-order valence-electron chi connectivity index (χ4n) is 4.00. The number of alkyl halides is 1. The van der Waals surface area contributed by atoms with E-state index in [2.05, 4.69) is 9.97 Å². The van der Waals surface area contributed by atoms with Gasteiger partial charge in [-0.3, -0.25) is 4.79 Å². The molecule has 0 unspecified atom stereocenters. The highest BCUT2D eigenvalue weighted by Crippen LogP contribution is 2.34. The number of aromatic nitrogens is 2. The minimum Gasteiger partial charge on any atom is -0.490 e. The van der Waals surface area contributed by atoms with Gasteiger partial charge in [0, 0.05) is 11.6 Å². The Kier molecular flexibility index (Phi) is 7.37. The number of hydrogen-bond donors (Lipinski definition) is 2. The molecule has 1 fully saturated rings. The Bertz CT molecular complexity index is 1130. The third-order valence-corrected chi connectivity index (χ3v) is 5.90. The third kappa shape index (κ3) is 5.88. The number of aryl methyl sites for hydroxylation is 1. The first-order valence-corrected chi connectivity index (χ1v) is 11.4. The normalized spacial score (nSPS) is 15.6. The van der Waals surface area contributed by atoms with Crippen LogP contribution in [0.4, 0.5) is 4.39 Å². The van der Waals surface area contributed by atoms with E-state index in [9.17, 15) is 4.79 Å². The number of nitrogens with zero attached hydrogens (tertiary/aromatic N) is 2. The van der Waals surface area contributed by atoms with Gasteiger partial charge < -0.3 is 20.3 Å². The molecule has 1 aromatic heterocycles. The summed E-state index contributed by atoms with van der Waals surface area (Å²) in [6.07, 6.45) is 4.08. The average molecular weight is 466 g/mol. The number of nitrogens with two attached hydrogens (primary N) is 1. The molecule has 7 nitrogen and oxygen atoms in total. The van der Waals surface area contributed by atoms with E-state index in [0.717, 1.165) is 42.4 Å². The van der Waals surface area contributed by atoms with Crippen LogP contribution in [0.5, 0.6) is 11.6 Å². The van der Waals surface area contributed by atoms with E-state index in [1.807, 2.05) is 19.1 Å². The molecular formula is C26H28FN3O4. The molecule has 178 valence electrons. The first-order valence-electron chi connectivity index (χ1n) is 11.4. The van der Waals surface area contributed by atoms with Crippen LogP contribution in [-0.4, -0.2) is 33.2 Å². The number of benzene rings is 2. The van der Waals surface area contributed by atoms with Crippen LogP contribution in [0.2, 0.25) is 0 Å². The van der Waals surface area contributed by atoms with Gasteiger partial charge in [0.25, 0.3) is 6.36 Å². The van der Waals surface area contributed by atoms with Gasteiger partial charge >= 0.3 is 5.97 Å². The minimum absolute atomic E-state index is 0.0990. The van der Waals surface area contributed by atoms with Crippen molar-refractivity contribution >= 4 is 5.97 Å². The average Bonchev–Trinajstić information content (AvgIpc) is 3.33. The molecule has 0 amide bonds. The van der Waals surface area contributed by atoms with Crippen molar-refractivity contribution in [1.82, 2.24) is 9.97 Å². The quantitative estimate of drug-likeness (QED) is 0.468. The molecule has 3 aromatic rings. The van der Waals surface area contributed by atoms with Gasteiger partial charge in [0.05, 0.1) is 17.4 Å². The highest BCUT2D eigenvalue weighted by Gasteiger charge is 2.23. The largest absolute Gasteiger partial charge is 0.490 e. The fourth-order valence-corrected chi connectivity index (χ4v) is 4.00. The van der Waals surface area contributed by atoms with Crippen molar-refractivity contribution in [3.05, 3.63) is 71.5 Å². The second-order valence-corrected chi connectivity index (χ2v) is 8.59. The molecule has 8 heteroatoms. The molecular weight excluding hydrogens is 437 g/mol. The van der Waals surface area contributed by atoms with Crippen LogP contribution in [-0.2, 0) is 11.2 Å². The lowest BCUT2D eigenvalue weighted by molar-refractivity contribution is -0.138. The standard InChI is InChI=1S/C26H28FN3O4/c1-16-6-11-20(23(12-16)33-19-4-2-3-5-19)25(27)34-24-14-22(29-15-30-24)18-9-7-17(8-10-18)13-21(28)26(31)32/h6-12,14-15,19,21,25H,2-5,13,28H2,1H3,(H,31,32)/t21-,25+/m0/s1. The predicted octanol–water partition coefficient (Wildman–Crippen LogP) is 4.77. The molecule has 1 heterocycles. The molecule has 2 atom stereocenters. The number of aliphatic carboxylic acids is 1. The molecule has 4 rings (SSSR count). The summed E-state index contributed by atoms with van der Waals surface area (Å²) >= 11 is 0. The SMILES string of the molecule is Cc1ccc([C@H](F)Oc2cc(-c3ccc(C[C@H](N)C(=O)O)cc3)ncn2)c(OC2CCCC2)c1. The molecule has 1 aliphatic rings. The Labute approximate surface area is 197 Å². The summed E-state index contributed by atoms with van der Waals surface area (Å²) in [5.41, 5.74) is 9.02. The molecule has 0 aliphatic heterocycles.